The molecule has 0 spiro atoms. The van der Waals surface area contributed by atoms with Crippen LogP contribution in [0, 0.1) is 30.1 Å². The number of amides is 1. The molecule has 54 heavy (non-hydrogen) atoms. The maximum absolute atomic E-state index is 13.4. The molecule has 0 radical (unpaired) electrons. The van der Waals surface area contributed by atoms with Crippen LogP contribution in [-0.4, -0.2) is 109 Å². The van der Waals surface area contributed by atoms with Gasteiger partial charge in [0, 0.05) is 61.3 Å². The van der Waals surface area contributed by atoms with Gasteiger partial charge < -0.3 is 34.7 Å². The number of carbonyl (C=O) groups excluding carboxylic acids is 2. The van der Waals surface area contributed by atoms with Crippen molar-refractivity contribution in [1.29, 1.82) is 0 Å². The van der Waals surface area contributed by atoms with E-state index in [-0.39, 0.29) is 35.1 Å². The number of rotatable bonds is 19. The van der Waals surface area contributed by atoms with Crippen LogP contribution in [0.3, 0.4) is 0 Å². The molecule has 0 aromatic carbocycles. The maximum atomic E-state index is 13.4. The first-order valence-electron chi connectivity index (χ1n) is 18.8. The fourth-order valence-electron chi connectivity index (χ4n) is 6.54. The molecule has 2 saturated heterocycles. The molecule has 302 valence electrons. The number of hydrogen-bond acceptors (Lipinski definition) is 13. The fourth-order valence-corrected chi connectivity index (χ4v) is 9.87. The van der Waals surface area contributed by atoms with Gasteiger partial charge in [0.1, 0.15) is 6.10 Å². The number of likely N-dealkylation sites (N-methyl/N-ethyl adjacent to an activating group) is 1. The van der Waals surface area contributed by atoms with E-state index in [0.717, 1.165) is 37.7 Å². The number of nitrogens with one attached hydrogen (secondary N) is 3. The van der Waals surface area contributed by atoms with Crippen LogP contribution in [-0.2, 0) is 33.4 Å². The highest BCUT2D eigenvalue weighted by atomic mass is 33.1. The quantitative estimate of drug-likeness (QED) is 0.0442. The Morgan fingerprint density at radius 1 is 1.11 bits per heavy atom. The highest BCUT2D eigenvalue weighted by Crippen LogP contribution is 2.38. The Morgan fingerprint density at radius 2 is 1.87 bits per heavy atom. The molecule has 11 nitrogen and oxygen atoms in total. The van der Waals surface area contributed by atoms with Crippen molar-refractivity contribution in [3.05, 3.63) is 35.1 Å². The second kappa shape index (κ2) is 24.0. The van der Waals surface area contributed by atoms with E-state index in [1.165, 1.54) is 6.08 Å². The zero-order valence-corrected chi connectivity index (χ0v) is 35.5. The minimum atomic E-state index is -0.867. The Labute approximate surface area is 335 Å². The lowest BCUT2D eigenvalue weighted by atomic mass is 9.79. The number of hydrogen-bond donors (Lipinski definition) is 4. The molecule has 2 aliphatic heterocycles. The average Bonchev–Trinajstić information content (AvgIpc) is 3.11. The third kappa shape index (κ3) is 15.2. The third-order valence-corrected chi connectivity index (χ3v) is 13.4. The van der Waals surface area contributed by atoms with Crippen LogP contribution >= 0.6 is 33.3 Å². The monoisotopic (exact) mass is 807 g/mol. The highest BCUT2D eigenvalue weighted by molar-refractivity contribution is 8.77. The molecule has 3 aliphatic rings. The van der Waals surface area contributed by atoms with E-state index in [1.807, 2.05) is 41.5 Å². The van der Waals surface area contributed by atoms with Gasteiger partial charge in [-0.25, -0.2) is 0 Å². The minimum absolute atomic E-state index is 0.0298. The van der Waals surface area contributed by atoms with E-state index in [0.29, 0.717) is 41.8 Å². The van der Waals surface area contributed by atoms with Gasteiger partial charge in [-0.15, -0.1) is 6.42 Å². The molecule has 0 aromatic rings. The Bertz CT molecular complexity index is 1390. The van der Waals surface area contributed by atoms with Gasteiger partial charge in [0.15, 0.2) is 18.4 Å². The van der Waals surface area contributed by atoms with Gasteiger partial charge in [-0.05, 0) is 83.8 Å². The molecule has 3 rings (SSSR count). The summed E-state index contributed by atoms with van der Waals surface area (Å²) in [6, 6.07) is -0.517. The van der Waals surface area contributed by atoms with Gasteiger partial charge in [0.05, 0.1) is 35.7 Å². The SMILES string of the molecule is C#C/C=C\C#C[C@H](OC1CC(O)[C@H](NOC2CC[C@H](SC)C(C)O2)C(C)O1)C1=C(NC)C(=O)CC(C)/C1=C/CSSC(CCNC=O)CCOC(C)(C)C. The summed E-state index contributed by atoms with van der Waals surface area (Å²) in [6.07, 6.45) is 14.0. The number of thioether (sulfide) groups is 1. The normalized spacial score (nSPS) is 29.7. The van der Waals surface area contributed by atoms with Crippen molar-refractivity contribution < 1.29 is 38.5 Å². The number of ether oxygens (including phenoxy) is 4. The molecule has 0 saturated carbocycles. The van der Waals surface area contributed by atoms with Gasteiger partial charge in [0.2, 0.25) is 6.41 Å². The van der Waals surface area contributed by atoms with E-state index < -0.39 is 36.9 Å². The molecule has 0 bridgehead atoms. The zero-order valence-electron chi connectivity index (χ0n) is 33.1. The molecule has 10 atom stereocenters. The molecule has 2 heterocycles. The molecule has 2 fully saturated rings. The Morgan fingerprint density at radius 3 is 2.52 bits per heavy atom. The molecular formula is C40H61N3O8S3. The van der Waals surface area contributed by atoms with E-state index >= 15 is 0 Å². The first-order chi connectivity index (χ1) is 25.8. The van der Waals surface area contributed by atoms with Crippen molar-refractivity contribution in [2.45, 2.75) is 139 Å². The van der Waals surface area contributed by atoms with Gasteiger partial charge in [-0.3, -0.25) is 14.4 Å². The van der Waals surface area contributed by atoms with E-state index in [2.05, 4.69) is 46.2 Å². The summed E-state index contributed by atoms with van der Waals surface area (Å²) in [6.45, 7) is 13.3. The Kier molecular flexibility index (Phi) is 20.6. The Hall–Kier alpha value is -1.95. The third-order valence-electron chi connectivity index (χ3n) is 9.34. The van der Waals surface area contributed by atoms with Crippen LogP contribution in [0.1, 0.15) is 80.1 Å². The number of aliphatic hydroxyl groups is 1. The van der Waals surface area contributed by atoms with Crippen molar-refractivity contribution in [2.75, 3.05) is 32.2 Å². The lowest BCUT2D eigenvalue weighted by molar-refractivity contribution is -0.266. The molecule has 14 heteroatoms. The molecule has 1 aliphatic carbocycles. The highest BCUT2D eigenvalue weighted by Gasteiger charge is 2.40. The minimum Gasteiger partial charge on any atom is -0.391 e. The van der Waals surface area contributed by atoms with Gasteiger partial charge >= 0.3 is 0 Å². The average molecular weight is 808 g/mol. The van der Waals surface area contributed by atoms with Crippen molar-refractivity contribution >= 4 is 45.5 Å². The molecular weight excluding hydrogens is 747 g/mol. The largest absolute Gasteiger partial charge is 0.391 e. The number of aliphatic hydroxyl groups excluding tert-OH is 1. The van der Waals surface area contributed by atoms with Gasteiger partial charge in [-0.2, -0.15) is 17.2 Å². The van der Waals surface area contributed by atoms with Crippen molar-refractivity contribution in [1.82, 2.24) is 16.1 Å². The number of allylic oxidation sites excluding steroid dienone is 3. The van der Waals surface area contributed by atoms with Crippen LogP contribution in [0.5, 0.6) is 0 Å². The smallest absolute Gasteiger partial charge is 0.207 e. The summed E-state index contributed by atoms with van der Waals surface area (Å²) < 4.78 is 24.9. The van der Waals surface area contributed by atoms with Crippen LogP contribution in [0.4, 0.5) is 0 Å². The van der Waals surface area contributed by atoms with E-state index in [4.69, 9.17) is 30.2 Å². The molecule has 7 unspecified atom stereocenters. The number of Topliss-reactive ketones (excluding diaryl/α,β-unsaturated/α-hetero) is 1. The van der Waals surface area contributed by atoms with Gasteiger partial charge in [-0.1, -0.05) is 52.3 Å². The maximum Gasteiger partial charge on any atom is 0.207 e. The van der Waals surface area contributed by atoms with Crippen LogP contribution in [0.25, 0.3) is 0 Å². The first kappa shape index (κ1) is 46.4. The van der Waals surface area contributed by atoms with Crippen LogP contribution in [0.15, 0.2) is 35.1 Å². The van der Waals surface area contributed by atoms with Crippen molar-refractivity contribution in [3.63, 3.8) is 0 Å². The molecule has 4 N–H and O–H groups in total. The lowest BCUT2D eigenvalue weighted by Gasteiger charge is -2.41. The lowest BCUT2D eigenvalue weighted by Crippen LogP contribution is -2.56. The second-order valence-electron chi connectivity index (χ2n) is 14.6. The summed E-state index contributed by atoms with van der Waals surface area (Å²) in [5.74, 6) is 9.16. The fraction of sp³-hybridized carbons (Fsp3) is 0.700. The molecule has 1 amide bonds. The number of ketones is 1. The predicted molar refractivity (Wildman–Crippen MR) is 220 cm³/mol. The Balaban J connectivity index is 1.78. The molecule has 0 aromatic heterocycles. The summed E-state index contributed by atoms with van der Waals surface area (Å²) in [5.41, 5.74) is 4.85. The topological polar surface area (TPSA) is 137 Å². The number of hydroxylamine groups is 1. The number of carbonyl (C=O) groups is 2. The van der Waals surface area contributed by atoms with Crippen LogP contribution < -0.4 is 16.1 Å². The van der Waals surface area contributed by atoms with Crippen molar-refractivity contribution in [3.8, 4) is 24.2 Å². The van der Waals surface area contributed by atoms with Crippen LogP contribution in [0.2, 0.25) is 0 Å². The zero-order chi connectivity index (χ0) is 39.7. The van der Waals surface area contributed by atoms with Gasteiger partial charge in [0.25, 0.3) is 0 Å². The summed E-state index contributed by atoms with van der Waals surface area (Å²) in [7, 11) is 5.21. The first-order valence-corrected chi connectivity index (χ1v) is 22.4. The second-order valence-corrected chi connectivity index (χ2v) is 18.4. The van der Waals surface area contributed by atoms with E-state index in [1.54, 1.807) is 46.5 Å². The van der Waals surface area contributed by atoms with E-state index in [9.17, 15) is 14.7 Å². The summed E-state index contributed by atoms with van der Waals surface area (Å²) in [5, 5.41) is 17.9. The summed E-state index contributed by atoms with van der Waals surface area (Å²) >= 11 is 1.80. The van der Waals surface area contributed by atoms with Crippen molar-refractivity contribution in [2.24, 2.45) is 5.92 Å². The number of terminal acetylenes is 1. The standard InChI is InChI=1S/C40H61N3O8S3/c1-10-11-12-13-14-33(50-36-24-32(46)38(28(4)49-36)43-51-35-16-15-34(52-9)27(3)48-35)37-30(26(2)23-31(45)39(37)41-8)19-22-53-54-29(17-20-42-25-44)18-21-47-40(5,6)7/h1,11-12,19,25-29,32-36,38,41,43,46H,15-18,20-24H2,2-9H3,(H,42,44)/b12-11-,30-19-/t26?,27?,28?,29?,32?,33-,34-,35?,36?,38+/m0/s1. The summed E-state index contributed by atoms with van der Waals surface area (Å²) in [4.78, 5) is 30.2. The predicted octanol–water partition coefficient (Wildman–Crippen LogP) is 5.31.